The number of piperazine rings is 1. The van der Waals surface area contributed by atoms with Crippen LogP contribution in [0.25, 0.3) is 0 Å². The molecule has 0 amide bonds. The highest BCUT2D eigenvalue weighted by Gasteiger charge is 2.22. The van der Waals surface area contributed by atoms with Gasteiger partial charge in [-0.1, -0.05) is 24.3 Å². The van der Waals surface area contributed by atoms with Crippen LogP contribution >= 0.6 is 0 Å². The highest BCUT2D eigenvalue weighted by Crippen LogP contribution is 2.27. The highest BCUT2D eigenvalue weighted by molar-refractivity contribution is 5.80. The van der Waals surface area contributed by atoms with Gasteiger partial charge in [-0.25, -0.2) is 0 Å². The minimum atomic E-state index is 0.159. The number of rotatable bonds is 7. The molecule has 168 valence electrons. The predicted octanol–water partition coefficient (Wildman–Crippen LogP) is 2.79. The molecule has 7 nitrogen and oxygen atoms in total. The molecule has 1 heterocycles. The van der Waals surface area contributed by atoms with Crippen molar-refractivity contribution in [3.8, 4) is 11.5 Å². The van der Waals surface area contributed by atoms with E-state index < -0.39 is 0 Å². The Bertz CT molecular complexity index is 863. The zero-order valence-corrected chi connectivity index (χ0v) is 19.1. The summed E-state index contributed by atoms with van der Waals surface area (Å²) in [5.74, 6) is 2.14. The van der Waals surface area contributed by atoms with E-state index >= 15 is 0 Å². The maximum Gasteiger partial charge on any atom is 0.194 e. The van der Waals surface area contributed by atoms with Gasteiger partial charge in [0, 0.05) is 32.7 Å². The van der Waals surface area contributed by atoms with E-state index in [-0.39, 0.29) is 6.04 Å². The molecule has 1 aliphatic rings. The number of aliphatic imine (C=N–C) groups is 1. The van der Waals surface area contributed by atoms with E-state index in [9.17, 15) is 5.11 Å². The van der Waals surface area contributed by atoms with Crippen molar-refractivity contribution < 1.29 is 9.84 Å². The SMILES string of the molecule is CCNC(=NCC(c1cccc(OC)c1)N(C)C)N1CCN(c2ccccc2O)CC1. The quantitative estimate of drug-likeness (QED) is 0.525. The molecule has 1 fully saturated rings. The molecular formula is C24H35N5O2. The summed E-state index contributed by atoms with van der Waals surface area (Å²) < 4.78 is 5.40. The second-order valence-electron chi connectivity index (χ2n) is 7.91. The first-order valence-corrected chi connectivity index (χ1v) is 10.9. The maximum absolute atomic E-state index is 10.2. The van der Waals surface area contributed by atoms with Gasteiger partial charge < -0.3 is 29.9 Å². The Morgan fingerprint density at radius 2 is 1.87 bits per heavy atom. The number of nitrogens with zero attached hydrogens (tertiary/aromatic N) is 4. The fourth-order valence-corrected chi connectivity index (χ4v) is 3.91. The lowest BCUT2D eigenvalue weighted by Gasteiger charge is -2.38. The third-order valence-corrected chi connectivity index (χ3v) is 5.65. The van der Waals surface area contributed by atoms with Crippen LogP contribution in [0.2, 0.25) is 0 Å². The van der Waals surface area contributed by atoms with Crippen molar-refractivity contribution in [1.82, 2.24) is 15.1 Å². The Hall–Kier alpha value is -2.93. The Kier molecular flexibility index (Phi) is 8.00. The number of benzene rings is 2. The second-order valence-corrected chi connectivity index (χ2v) is 7.91. The topological polar surface area (TPSA) is 63.6 Å². The van der Waals surface area contributed by atoms with Gasteiger partial charge in [0.2, 0.25) is 0 Å². The summed E-state index contributed by atoms with van der Waals surface area (Å²) >= 11 is 0. The summed E-state index contributed by atoms with van der Waals surface area (Å²) in [6.45, 7) is 6.97. The third-order valence-electron chi connectivity index (χ3n) is 5.65. The number of aromatic hydroxyl groups is 1. The van der Waals surface area contributed by atoms with Crippen LogP contribution in [0.5, 0.6) is 11.5 Å². The first-order valence-electron chi connectivity index (χ1n) is 10.9. The predicted molar refractivity (Wildman–Crippen MR) is 127 cm³/mol. The Morgan fingerprint density at radius 1 is 1.13 bits per heavy atom. The lowest BCUT2D eigenvalue weighted by molar-refractivity contribution is 0.302. The maximum atomic E-state index is 10.2. The van der Waals surface area contributed by atoms with Gasteiger partial charge in [-0.05, 0) is 50.8 Å². The number of likely N-dealkylation sites (N-methyl/N-ethyl adjacent to an activating group) is 1. The number of methoxy groups -OCH3 is 1. The van der Waals surface area contributed by atoms with Crippen LogP contribution in [0.15, 0.2) is 53.5 Å². The molecule has 0 spiro atoms. The molecule has 1 atom stereocenters. The third kappa shape index (κ3) is 5.82. The van der Waals surface area contributed by atoms with Crippen molar-refractivity contribution in [2.75, 3.05) is 65.4 Å². The molecule has 1 unspecified atom stereocenters. The van der Waals surface area contributed by atoms with Crippen molar-refractivity contribution in [1.29, 1.82) is 0 Å². The van der Waals surface area contributed by atoms with Crippen molar-refractivity contribution >= 4 is 11.6 Å². The van der Waals surface area contributed by atoms with E-state index in [1.54, 1.807) is 13.2 Å². The van der Waals surface area contributed by atoms with Crippen LogP contribution in [0, 0.1) is 0 Å². The first kappa shape index (κ1) is 22.7. The van der Waals surface area contributed by atoms with Gasteiger partial charge in [0.1, 0.15) is 11.5 Å². The van der Waals surface area contributed by atoms with E-state index in [1.165, 1.54) is 5.56 Å². The Morgan fingerprint density at radius 3 is 2.52 bits per heavy atom. The highest BCUT2D eigenvalue weighted by atomic mass is 16.5. The van der Waals surface area contributed by atoms with Gasteiger partial charge in [-0.3, -0.25) is 4.99 Å². The molecule has 1 saturated heterocycles. The summed E-state index contributed by atoms with van der Waals surface area (Å²) in [6, 6.07) is 15.9. The van der Waals surface area contributed by atoms with Crippen LogP contribution in [0.1, 0.15) is 18.5 Å². The van der Waals surface area contributed by atoms with Crippen molar-refractivity contribution in [3.63, 3.8) is 0 Å². The number of anilines is 1. The summed E-state index contributed by atoms with van der Waals surface area (Å²) in [6.07, 6.45) is 0. The zero-order valence-electron chi connectivity index (χ0n) is 19.1. The molecule has 31 heavy (non-hydrogen) atoms. The number of guanidine groups is 1. The Labute approximate surface area is 185 Å². The van der Waals surface area contributed by atoms with E-state index in [4.69, 9.17) is 9.73 Å². The largest absolute Gasteiger partial charge is 0.506 e. The molecule has 0 radical (unpaired) electrons. The normalized spacial score (nSPS) is 15.8. The smallest absolute Gasteiger partial charge is 0.194 e. The van der Waals surface area contributed by atoms with Crippen molar-refractivity contribution in [2.24, 2.45) is 4.99 Å². The average Bonchev–Trinajstić information content (AvgIpc) is 2.79. The number of ether oxygens (including phenoxy) is 1. The summed E-state index contributed by atoms with van der Waals surface area (Å²) in [5, 5.41) is 13.6. The van der Waals surface area contributed by atoms with Gasteiger partial charge in [0.15, 0.2) is 5.96 Å². The lowest BCUT2D eigenvalue weighted by Crippen LogP contribution is -2.52. The van der Waals surface area contributed by atoms with Crippen LogP contribution in [0.4, 0.5) is 5.69 Å². The standard InChI is InChI=1S/C24H35N5O2/c1-5-25-24(26-18-22(27(2)3)19-9-8-10-20(17-19)31-4)29-15-13-28(14-16-29)21-11-6-7-12-23(21)30/h6-12,17,22,30H,5,13-16,18H2,1-4H3,(H,25,26). The minimum Gasteiger partial charge on any atom is -0.506 e. The van der Waals surface area contributed by atoms with Gasteiger partial charge in [0.25, 0.3) is 0 Å². The van der Waals surface area contributed by atoms with Crippen molar-refractivity contribution in [2.45, 2.75) is 13.0 Å². The lowest BCUT2D eigenvalue weighted by atomic mass is 10.1. The molecular weight excluding hydrogens is 390 g/mol. The van der Waals surface area contributed by atoms with Crippen LogP contribution in [-0.2, 0) is 0 Å². The average molecular weight is 426 g/mol. The first-order chi connectivity index (χ1) is 15.0. The Balaban J connectivity index is 1.70. The molecule has 1 aliphatic heterocycles. The molecule has 3 rings (SSSR count). The summed E-state index contributed by atoms with van der Waals surface area (Å²) in [5.41, 5.74) is 2.09. The van der Waals surface area contributed by atoms with Crippen LogP contribution < -0.4 is 15.0 Å². The van der Waals surface area contributed by atoms with E-state index in [0.717, 1.165) is 50.1 Å². The summed E-state index contributed by atoms with van der Waals surface area (Å²) in [7, 11) is 5.86. The monoisotopic (exact) mass is 425 g/mol. The van der Waals surface area contributed by atoms with Gasteiger partial charge in [-0.2, -0.15) is 0 Å². The number of para-hydroxylation sites is 2. The fraction of sp³-hybridized carbons (Fsp3) is 0.458. The van der Waals surface area contributed by atoms with Gasteiger partial charge in [-0.15, -0.1) is 0 Å². The fourth-order valence-electron chi connectivity index (χ4n) is 3.91. The van der Waals surface area contributed by atoms with E-state index in [1.807, 2.05) is 30.3 Å². The molecule has 2 N–H and O–H groups in total. The van der Waals surface area contributed by atoms with Crippen LogP contribution in [-0.4, -0.2) is 81.3 Å². The number of phenolic OH excluding ortho intramolecular Hbond substituents is 1. The minimum absolute atomic E-state index is 0.159. The second kappa shape index (κ2) is 10.9. The number of hydrogen-bond acceptors (Lipinski definition) is 5. The molecule has 2 aromatic rings. The van der Waals surface area contributed by atoms with Crippen LogP contribution in [0.3, 0.4) is 0 Å². The summed E-state index contributed by atoms with van der Waals surface area (Å²) in [4.78, 5) is 11.7. The molecule has 0 aliphatic carbocycles. The molecule has 0 saturated carbocycles. The van der Waals surface area contributed by atoms with Crippen molar-refractivity contribution in [3.05, 3.63) is 54.1 Å². The van der Waals surface area contributed by atoms with E-state index in [2.05, 4.69) is 53.2 Å². The zero-order chi connectivity index (χ0) is 22.2. The van der Waals surface area contributed by atoms with Gasteiger partial charge in [0.05, 0.1) is 25.4 Å². The molecule has 7 heteroatoms. The van der Waals surface area contributed by atoms with Gasteiger partial charge >= 0.3 is 0 Å². The number of hydrogen-bond donors (Lipinski definition) is 2. The molecule has 2 aromatic carbocycles. The number of nitrogens with one attached hydrogen (secondary N) is 1. The molecule has 0 bridgehead atoms. The van der Waals surface area contributed by atoms with E-state index in [0.29, 0.717) is 12.3 Å². The number of phenols is 1. The molecule has 0 aromatic heterocycles.